The summed E-state index contributed by atoms with van der Waals surface area (Å²) >= 11 is 0. The third-order valence-electron chi connectivity index (χ3n) is 5.58. The summed E-state index contributed by atoms with van der Waals surface area (Å²) in [4.78, 5) is 11.9. The average molecular weight is 272 g/mol. The van der Waals surface area contributed by atoms with Gasteiger partial charge in [-0.05, 0) is 48.6 Å². The molecule has 2 nitrogen and oxygen atoms in total. The maximum Gasteiger partial charge on any atom is 0.309 e. The van der Waals surface area contributed by atoms with Crippen LogP contribution in [-0.4, -0.2) is 11.1 Å². The van der Waals surface area contributed by atoms with Gasteiger partial charge in [0.1, 0.15) is 0 Å². The number of hydrogen-bond acceptors (Lipinski definition) is 1. The summed E-state index contributed by atoms with van der Waals surface area (Å²) in [5, 5.41) is 9.82. The molecule has 0 bridgehead atoms. The quantitative estimate of drug-likeness (QED) is 0.882. The van der Waals surface area contributed by atoms with Gasteiger partial charge in [-0.3, -0.25) is 4.79 Å². The van der Waals surface area contributed by atoms with Crippen LogP contribution in [0.2, 0.25) is 0 Å². The first kappa shape index (κ1) is 13.7. The Hall–Kier alpha value is -1.31. The SMILES string of the molecule is CCC1CCCC(CC2Cc3ccccc32)(C(=O)O)C1. The number of benzene rings is 1. The molecule has 0 aliphatic heterocycles. The fourth-order valence-corrected chi connectivity index (χ4v) is 4.32. The van der Waals surface area contributed by atoms with E-state index in [9.17, 15) is 9.90 Å². The second kappa shape index (κ2) is 5.23. The zero-order valence-corrected chi connectivity index (χ0v) is 12.3. The molecule has 3 unspecified atom stereocenters. The van der Waals surface area contributed by atoms with Crippen molar-refractivity contribution in [1.29, 1.82) is 0 Å². The van der Waals surface area contributed by atoms with E-state index in [-0.39, 0.29) is 0 Å². The van der Waals surface area contributed by atoms with Gasteiger partial charge >= 0.3 is 5.97 Å². The van der Waals surface area contributed by atoms with Crippen LogP contribution in [0.5, 0.6) is 0 Å². The Morgan fingerprint density at radius 3 is 2.90 bits per heavy atom. The van der Waals surface area contributed by atoms with Crippen molar-refractivity contribution in [3.63, 3.8) is 0 Å². The Kier molecular flexibility index (Phi) is 3.57. The molecule has 108 valence electrons. The molecule has 0 amide bonds. The molecule has 1 N–H and O–H groups in total. The minimum atomic E-state index is -0.556. The lowest BCUT2D eigenvalue weighted by molar-refractivity contribution is -0.153. The summed E-state index contributed by atoms with van der Waals surface area (Å²) in [6.45, 7) is 2.20. The van der Waals surface area contributed by atoms with Gasteiger partial charge in [0.25, 0.3) is 0 Å². The molecule has 1 saturated carbocycles. The van der Waals surface area contributed by atoms with Crippen molar-refractivity contribution in [3.8, 4) is 0 Å². The van der Waals surface area contributed by atoms with Crippen molar-refractivity contribution in [2.75, 3.05) is 0 Å². The van der Waals surface area contributed by atoms with Crippen LogP contribution >= 0.6 is 0 Å². The Bertz CT molecular complexity index is 508. The largest absolute Gasteiger partial charge is 0.481 e. The first-order valence-corrected chi connectivity index (χ1v) is 7.96. The molecule has 1 aromatic carbocycles. The lowest BCUT2D eigenvalue weighted by atomic mass is 9.61. The van der Waals surface area contributed by atoms with Crippen molar-refractivity contribution < 1.29 is 9.90 Å². The maximum atomic E-state index is 11.9. The molecule has 0 saturated heterocycles. The summed E-state index contributed by atoms with van der Waals surface area (Å²) in [6.07, 6.45) is 7.09. The molecule has 2 heteroatoms. The van der Waals surface area contributed by atoms with Gasteiger partial charge in [0.15, 0.2) is 0 Å². The molecule has 0 aromatic heterocycles. The van der Waals surface area contributed by atoms with E-state index in [4.69, 9.17) is 0 Å². The molecule has 3 atom stereocenters. The second-order valence-electron chi connectivity index (χ2n) is 6.76. The van der Waals surface area contributed by atoms with Gasteiger partial charge in [0.05, 0.1) is 5.41 Å². The molecule has 3 rings (SSSR count). The van der Waals surface area contributed by atoms with Crippen LogP contribution in [0.4, 0.5) is 0 Å². The number of fused-ring (bicyclic) bond motifs is 1. The topological polar surface area (TPSA) is 37.3 Å². The van der Waals surface area contributed by atoms with Gasteiger partial charge < -0.3 is 5.11 Å². The zero-order chi connectivity index (χ0) is 14.2. The van der Waals surface area contributed by atoms with Crippen molar-refractivity contribution in [3.05, 3.63) is 35.4 Å². The highest BCUT2D eigenvalue weighted by molar-refractivity contribution is 5.75. The third-order valence-corrected chi connectivity index (χ3v) is 5.58. The Labute approximate surface area is 121 Å². The number of carboxylic acids is 1. The van der Waals surface area contributed by atoms with Crippen LogP contribution in [0, 0.1) is 11.3 Å². The third kappa shape index (κ3) is 2.25. The number of rotatable bonds is 4. The van der Waals surface area contributed by atoms with Crippen molar-refractivity contribution >= 4 is 5.97 Å². The van der Waals surface area contributed by atoms with Crippen LogP contribution in [0.15, 0.2) is 24.3 Å². The van der Waals surface area contributed by atoms with E-state index in [1.54, 1.807) is 0 Å². The van der Waals surface area contributed by atoms with Crippen LogP contribution in [0.25, 0.3) is 0 Å². The molecule has 20 heavy (non-hydrogen) atoms. The lowest BCUT2D eigenvalue weighted by Gasteiger charge is -2.42. The highest BCUT2D eigenvalue weighted by Gasteiger charge is 2.45. The number of carbonyl (C=O) groups is 1. The van der Waals surface area contributed by atoms with Gasteiger partial charge in [-0.25, -0.2) is 0 Å². The standard InChI is InChI=1S/C18H24O2/c1-2-13-6-5-9-18(11-13,17(19)20)12-15-10-14-7-3-4-8-16(14)15/h3-4,7-8,13,15H,2,5-6,9-12H2,1H3,(H,19,20). The van der Waals surface area contributed by atoms with Crippen LogP contribution in [0.3, 0.4) is 0 Å². The molecule has 0 heterocycles. The minimum Gasteiger partial charge on any atom is -0.481 e. The monoisotopic (exact) mass is 272 g/mol. The Morgan fingerprint density at radius 1 is 1.40 bits per heavy atom. The summed E-state index contributed by atoms with van der Waals surface area (Å²) in [5.74, 6) is 0.521. The molecular weight excluding hydrogens is 248 g/mol. The molecular formula is C18H24O2. The van der Waals surface area contributed by atoms with E-state index >= 15 is 0 Å². The van der Waals surface area contributed by atoms with Crippen molar-refractivity contribution in [2.24, 2.45) is 11.3 Å². The summed E-state index contributed by atoms with van der Waals surface area (Å²) < 4.78 is 0. The van der Waals surface area contributed by atoms with E-state index in [2.05, 4.69) is 31.2 Å². The highest BCUT2D eigenvalue weighted by Crippen LogP contribution is 2.50. The molecule has 2 aliphatic carbocycles. The smallest absolute Gasteiger partial charge is 0.309 e. The van der Waals surface area contributed by atoms with Gasteiger partial charge in [-0.2, -0.15) is 0 Å². The summed E-state index contributed by atoms with van der Waals surface area (Å²) in [5.41, 5.74) is 2.35. The van der Waals surface area contributed by atoms with Crippen LogP contribution in [0.1, 0.15) is 62.5 Å². The predicted molar refractivity (Wildman–Crippen MR) is 79.8 cm³/mol. The fraction of sp³-hybridized carbons (Fsp3) is 0.611. The maximum absolute atomic E-state index is 11.9. The second-order valence-corrected chi connectivity index (χ2v) is 6.76. The summed E-state index contributed by atoms with van der Waals surface area (Å²) in [7, 11) is 0. The van der Waals surface area contributed by atoms with Gasteiger partial charge in [-0.1, -0.05) is 50.5 Å². The molecule has 1 fully saturated rings. The van der Waals surface area contributed by atoms with E-state index in [1.165, 1.54) is 17.5 Å². The number of aliphatic carboxylic acids is 1. The summed E-state index contributed by atoms with van der Waals surface area (Å²) in [6, 6.07) is 8.51. The molecule has 0 radical (unpaired) electrons. The first-order valence-electron chi connectivity index (χ1n) is 7.96. The number of hydrogen-bond donors (Lipinski definition) is 1. The lowest BCUT2D eigenvalue weighted by Crippen LogP contribution is -2.39. The van der Waals surface area contributed by atoms with E-state index in [0.717, 1.165) is 38.5 Å². The highest BCUT2D eigenvalue weighted by atomic mass is 16.4. The Balaban J connectivity index is 1.78. The zero-order valence-electron chi connectivity index (χ0n) is 12.3. The van der Waals surface area contributed by atoms with Gasteiger partial charge in [0.2, 0.25) is 0 Å². The Morgan fingerprint density at radius 2 is 2.20 bits per heavy atom. The van der Waals surface area contributed by atoms with Crippen LogP contribution < -0.4 is 0 Å². The molecule has 0 spiro atoms. The van der Waals surface area contributed by atoms with E-state index < -0.39 is 11.4 Å². The molecule has 1 aromatic rings. The van der Waals surface area contributed by atoms with E-state index in [0.29, 0.717) is 11.8 Å². The fourth-order valence-electron chi connectivity index (χ4n) is 4.32. The van der Waals surface area contributed by atoms with Gasteiger partial charge in [-0.15, -0.1) is 0 Å². The first-order chi connectivity index (χ1) is 9.64. The van der Waals surface area contributed by atoms with Crippen molar-refractivity contribution in [1.82, 2.24) is 0 Å². The average Bonchev–Trinajstić information content (AvgIpc) is 2.45. The normalized spacial score (nSPS) is 32.2. The minimum absolute atomic E-state index is 0.461. The van der Waals surface area contributed by atoms with E-state index in [1.807, 2.05) is 0 Å². The van der Waals surface area contributed by atoms with Crippen LogP contribution in [-0.2, 0) is 11.2 Å². The molecule has 2 aliphatic rings. The predicted octanol–water partition coefficient (Wildman–Crippen LogP) is 4.39. The van der Waals surface area contributed by atoms with Gasteiger partial charge in [0, 0.05) is 0 Å². The van der Waals surface area contributed by atoms with Crippen molar-refractivity contribution in [2.45, 2.75) is 57.8 Å². The number of carboxylic acid groups (broad SMARTS) is 1.